The smallest absolute Gasteiger partial charge is 0.201 e. The third-order valence-electron chi connectivity index (χ3n) is 2.64. The molecule has 1 aliphatic rings. The number of rotatable bonds is 7. The van der Waals surface area contributed by atoms with Crippen LogP contribution in [0.15, 0.2) is 0 Å². The first-order valence-corrected chi connectivity index (χ1v) is 7.27. The number of alkyl halides is 1. The summed E-state index contributed by atoms with van der Waals surface area (Å²) in [6.07, 6.45) is 2.25. The summed E-state index contributed by atoms with van der Waals surface area (Å²) in [4.78, 5) is 0. The lowest BCUT2D eigenvalue weighted by Crippen LogP contribution is -2.42. The average molecular weight is 255 g/mol. The minimum absolute atomic E-state index is 0.0599. The Morgan fingerprint density at radius 2 is 1.93 bits per heavy atom. The summed E-state index contributed by atoms with van der Waals surface area (Å²) >= 11 is 6.03. The fourth-order valence-corrected chi connectivity index (χ4v) is 3.14. The molecule has 1 N–H and O–H groups in total. The molecule has 1 unspecified atom stereocenters. The molecule has 0 aromatic rings. The fourth-order valence-electron chi connectivity index (χ4n) is 1.46. The van der Waals surface area contributed by atoms with E-state index in [9.17, 15) is 8.42 Å². The Morgan fingerprint density at radius 1 is 1.40 bits per heavy atom. The topological polar surface area (TPSA) is 49.4 Å². The summed E-state index contributed by atoms with van der Waals surface area (Å²) in [6.45, 7) is 4.96. The second-order valence-electron chi connectivity index (χ2n) is 3.79. The van der Waals surface area contributed by atoms with Crippen LogP contribution in [0.1, 0.15) is 26.7 Å². The van der Waals surface area contributed by atoms with Crippen molar-refractivity contribution in [3.05, 3.63) is 0 Å². The van der Waals surface area contributed by atoms with Crippen LogP contribution in [0, 0.1) is 5.92 Å². The molecule has 1 aliphatic carbocycles. The monoisotopic (exact) mass is 254 g/mol. The molecule has 90 valence electrons. The van der Waals surface area contributed by atoms with E-state index in [0.717, 1.165) is 12.8 Å². The zero-order valence-corrected chi connectivity index (χ0v) is 10.8. The highest BCUT2D eigenvalue weighted by Gasteiger charge is 2.31. The van der Waals surface area contributed by atoms with Gasteiger partial charge in [-0.05, 0) is 18.8 Å². The van der Waals surface area contributed by atoms with Crippen molar-refractivity contribution in [3.8, 4) is 0 Å². The maximum absolute atomic E-state index is 11.7. The molecular weight excluding hydrogens is 236 g/mol. The molecule has 0 saturated heterocycles. The first-order chi connectivity index (χ1) is 7.01. The third-order valence-corrected chi connectivity index (χ3v) is 4.88. The lowest BCUT2D eigenvalue weighted by atomic mass is 10.3. The standard InChI is InChI=1S/C9H19ClN2O2S/c1-3-12(4-2)15(13,14)11-7-9(10)8-5-6-8/h8-9,11H,3-7H2,1-2H3. The molecule has 1 rings (SSSR count). The van der Waals surface area contributed by atoms with Crippen LogP contribution >= 0.6 is 11.6 Å². The summed E-state index contributed by atoms with van der Waals surface area (Å²) in [5, 5.41) is -0.0599. The molecule has 0 bridgehead atoms. The molecule has 15 heavy (non-hydrogen) atoms. The van der Waals surface area contributed by atoms with Crippen LogP contribution < -0.4 is 4.72 Å². The highest BCUT2D eigenvalue weighted by atomic mass is 35.5. The van der Waals surface area contributed by atoms with E-state index in [2.05, 4.69) is 4.72 Å². The van der Waals surface area contributed by atoms with Gasteiger partial charge in [-0.15, -0.1) is 11.6 Å². The molecule has 0 amide bonds. The van der Waals surface area contributed by atoms with Crippen molar-refractivity contribution in [2.75, 3.05) is 19.6 Å². The Labute approximate surface area is 97.2 Å². The Bertz CT molecular complexity index is 286. The van der Waals surface area contributed by atoms with Crippen molar-refractivity contribution in [3.63, 3.8) is 0 Å². The highest BCUT2D eigenvalue weighted by Crippen LogP contribution is 2.35. The van der Waals surface area contributed by atoms with Gasteiger partial charge in [0, 0.05) is 25.0 Å². The van der Waals surface area contributed by atoms with Crippen LogP contribution in [0.2, 0.25) is 0 Å². The number of nitrogens with zero attached hydrogens (tertiary/aromatic N) is 1. The van der Waals surface area contributed by atoms with E-state index < -0.39 is 10.2 Å². The van der Waals surface area contributed by atoms with Gasteiger partial charge in [0.15, 0.2) is 0 Å². The van der Waals surface area contributed by atoms with Gasteiger partial charge in [-0.2, -0.15) is 12.7 Å². The predicted molar refractivity (Wildman–Crippen MR) is 62.2 cm³/mol. The van der Waals surface area contributed by atoms with E-state index in [1.807, 2.05) is 13.8 Å². The van der Waals surface area contributed by atoms with Gasteiger partial charge in [-0.3, -0.25) is 0 Å². The molecule has 0 aliphatic heterocycles. The number of halogens is 1. The number of nitrogens with one attached hydrogen (secondary N) is 1. The summed E-state index contributed by atoms with van der Waals surface area (Å²) in [6, 6.07) is 0. The zero-order chi connectivity index (χ0) is 11.5. The summed E-state index contributed by atoms with van der Waals surface area (Å²) in [7, 11) is -3.32. The normalized spacial score (nSPS) is 19.5. The molecule has 0 heterocycles. The van der Waals surface area contributed by atoms with Crippen LogP contribution in [0.3, 0.4) is 0 Å². The Hall–Kier alpha value is 0.160. The van der Waals surface area contributed by atoms with Gasteiger partial charge < -0.3 is 0 Å². The van der Waals surface area contributed by atoms with Gasteiger partial charge in [0.25, 0.3) is 10.2 Å². The first-order valence-electron chi connectivity index (χ1n) is 5.40. The van der Waals surface area contributed by atoms with E-state index in [4.69, 9.17) is 11.6 Å². The van der Waals surface area contributed by atoms with Crippen LogP contribution in [0.5, 0.6) is 0 Å². The molecule has 0 aromatic heterocycles. The van der Waals surface area contributed by atoms with Crippen molar-refractivity contribution >= 4 is 21.8 Å². The molecule has 0 aromatic carbocycles. The molecule has 0 spiro atoms. The quantitative estimate of drug-likeness (QED) is 0.694. The van der Waals surface area contributed by atoms with Crippen molar-refractivity contribution in [2.24, 2.45) is 5.92 Å². The highest BCUT2D eigenvalue weighted by molar-refractivity contribution is 7.87. The average Bonchev–Trinajstić information content (AvgIpc) is 2.99. The van der Waals surface area contributed by atoms with Crippen molar-refractivity contribution in [1.29, 1.82) is 0 Å². The van der Waals surface area contributed by atoms with Crippen molar-refractivity contribution < 1.29 is 8.42 Å². The maximum atomic E-state index is 11.7. The van der Waals surface area contributed by atoms with Gasteiger partial charge in [-0.25, -0.2) is 4.72 Å². The van der Waals surface area contributed by atoms with E-state index in [1.54, 1.807) is 0 Å². The van der Waals surface area contributed by atoms with E-state index in [1.165, 1.54) is 4.31 Å². The van der Waals surface area contributed by atoms with Crippen LogP contribution in [-0.4, -0.2) is 37.7 Å². The van der Waals surface area contributed by atoms with Crippen molar-refractivity contribution in [2.45, 2.75) is 32.1 Å². The number of hydrogen-bond donors (Lipinski definition) is 1. The molecule has 4 nitrogen and oxygen atoms in total. The molecule has 1 atom stereocenters. The second kappa shape index (κ2) is 5.48. The zero-order valence-electron chi connectivity index (χ0n) is 9.24. The number of hydrogen-bond acceptors (Lipinski definition) is 2. The summed E-state index contributed by atoms with van der Waals surface area (Å²) in [5.74, 6) is 0.506. The van der Waals surface area contributed by atoms with Crippen LogP contribution in [-0.2, 0) is 10.2 Å². The largest absolute Gasteiger partial charge is 0.279 e. The SMILES string of the molecule is CCN(CC)S(=O)(=O)NCC(Cl)C1CC1. The summed E-state index contributed by atoms with van der Waals surface area (Å²) < 4.78 is 27.3. The van der Waals surface area contributed by atoms with Gasteiger partial charge in [0.05, 0.1) is 0 Å². The lowest BCUT2D eigenvalue weighted by Gasteiger charge is -2.19. The van der Waals surface area contributed by atoms with Gasteiger partial charge >= 0.3 is 0 Å². The molecule has 6 heteroatoms. The molecule has 1 fully saturated rings. The van der Waals surface area contributed by atoms with E-state index in [-0.39, 0.29) is 5.38 Å². The van der Waals surface area contributed by atoms with Crippen LogP contribution in [0.4, 0.5) is 0 Å². The minimum atomic E-state index is -3.32. The van der Waals surface area contributed by atoms with Gasteiger partial charge in [0.2, 0.25) is 0 Å². The van der Waals surface area contributed by atoms with Crippen molar-refractivity contribution in [1.82, 2.24) is 9.03 Å². The fraction of sp³-hybridized carbons (Fsp3) is 1.00. The van der Waals surface area contributed by atoms with Gasteiger partial charge in [0.1, 0.15) is 0 Å². The third kappa shape index (κ3) is 3.90. The van der Waals surface area contributed by atoms with Crippen LogP contribution in [0.25, 0.3) is 0 Å². The first kappa shape index (κ1) is 13.2. The lowest BCUT2D eigenvalue weighted by molar-refractivity contribution is 0.434. The molecule has 1 saturated carbocycles. The minimum Gasteiger partial charge on any atom is -0.201 e. The van der Waals surface area contributed by atoms with E-state index >= 15 is 0 Å². The molecule has 0 radical (unpaired) electrons. The predicted octanol–water partition coefficient (Wildman–Crippen LogP) is 1.18. The summed E-state index contributed by atoms with van der Waals surface area (Å²) in [5.41, 5.74) is 0. The van der Waals surface area contributed by atoms with E-state index in [0.29, 0.717) is 25.6 Å². The second-order valence-corrected chi connectivity index (χ2v) is 6.11. The Morgan fingerprint density at radius 3 is 2.33 bits per heavy atom. The Balaban J connectivity index is 2.40. The molecular formula is C9H19ClN2O2S. The maximum Gasteiger partial charge on any atom is 0.279 e. The van der Waals surface area contributed by atoms with Gasteiger partial charge in [-0.1, -0.05) is 13.8 Å². The Kier molecular flexibility index (Phi) is 4.83.